The third-order valence-electron chi connectivity index (χ3n) is 3.59. The van der Waals surface area contributed by atoms with Crippen molar-refractivity contribution >= 4 is 15.9 Å². The molecule has 1 aliphatic rings. The van der Waals surface area contributed by atoms with Crippen LogP contribution in [0.3, 0.4) is 0 Å². The van der Waals surface area contributed by atoms with E-state index < -0.39 is 28.9 Å². The second-order valence-corrected chi connectivity index (χ2v) is 7.33. The Morgan fingerprint density at radius 1 is 1.35 bits per heavy atom. The molecule has 0 aliphatic carbocycles. The summed E-state index contributed by atoms with van der Waals surface area (Å²) in [4.78, 5) is 11.7. The predicted octanol–water partition coefficient (Wildman–Crippen LogP) is 0.793. The zero-order valence-corrected chi connectivity index (χ0v) is 13.2. The number of rotatable bonds is 5. The first-order valence-electron chi connectivity index (χ1n) is 7.23. The standard InChI is InChI=1S/C14H19F2N3O3S/c15-13(16)8-18-14(20)10-3-5-12(6-4-10)23(21,22)19-7-1-2-11(17)9-19/h3-6,11,13H,1-2,7-9,17H2,(H,18,20)/t11-/m0/s1. The van der Waals surface area contributed by atoms with Crippen LogP contribution in [0.4, 0.5) is 8.78 Å². The molecule has 0 unspecified atom stereocenters. The van der Waals surface area contributed by atoms with Gasteiger partial charge in [0.25, 0.3) is 12.3 Å². The van der Waals surface area contributed by atoms with Gasteiger partial charge >= 0.3 is 0 Å². The molecule has 6 nitrogen and oxygen atoms in total. The number of nitrogens with zero attached hydrogens (tertiary/aromatic N) is 1. The molecular formula is C14H19F2N3O3S. The van der Waals surface area contributed by atoms with Crippen molar-refractivity contribution in [3.05, 3.63) is 29.8 Å². The molecule has 0 aromatic heterocycles. The van der Waals surface area contributed by atoms with Crippen LogP contribution in [0.15, 0.2) is 29.2 Å². The van der Waals surface area contributed by atoms with Crippen LogP contribution in [0, 0.1) is 0 Å². The number of nitrogens with one attached hydrogen (secondary N) is 1. The van der Waals surface area contributed by atoms with E-state index in [1.54, 1.807) is 0 Å². The highest BCUT2D eigenvalue weighted by Gasteiger charge is 2.28. The molecule has 128 valence electrons. The lowest BCUT2D eigenvalue weighted by Gasteiger charge is -2.29. The summed E-state index contributed by atoms with van der Waals surface area (Å²) in [6, 6.07) is 5.02. The Morgan fingerprint density at radius 2 is 2.00 bits per heavy atom. The second kappa shape index (κ2) is 7.33. The Kier molecular flexibility index (Phi) is 5.66. The predicted molar refractivity (Wildman–Crippen MR) is 80.7 cm³/mol. The summed E-state index contributed by atoms with van der Waals surface area (Å²) in [5, 5.41) is 2.06. The van der Waals surface area contributed by atoms with Crippen LogP contribution in [0.5, 0.6) is 0 Å². The van der Waals surface area contributed by atoms with Gasteiger partial charge in [-0.15, -0.1) is 0 Å². The number of alkyl halides is 2. The topological polar surface area (TPSA) is 92.5 Å². The zero-order chi connectivity index (χ0) is 17.0. The number of halogens is 2. The summed E-state index contributed by atoms with van der Waals surface area (Å²) in [7, 11) is -3.66. The summed E-state index contributed by atoms with van der Waals surface area (Å²) >= 11 is 0. The number of hydrogen-bond acceptors (Lipinski definition) is 4. The number of hydrogen-bond donors (Lipinski definition) is 2. The molecule has 1 fully saturated rings. The van der Waals surface area contributed by atoms with Crippen molar-refractivity contribution in [2.75, 3.05) is 19.6 Å². The van der Waals surface area contributed by atoms with E-state index in [2.05, 4.69) is 5.32 Å². The molecule has 0 bridgehead atoms. The molecule has 1 atom stereocenters. The molecule has 3 N–H and O–H groups in total. The summed E-state index contributed by atoms with van der Waals surface area (Å²) in [5.74, 6) is -0.672. The number of carbonyl (C=O) groups excluding carboxylic acids is 1. The largest absolute Gasteiger partial charge is 0.346 e. The van der Waals surface area contributed by atoms with E-state index in [0.29, 0.717) is 13.0 Å². The fraction of sp³-hybridized carbons (Fsp3) is 0.500. The van der Waals surface area contributed by atoms with Crippen LogP contribution >= 0.6 is 0 Å². The van der Waals surface area contributed by atoms with Crippen molar-refractivity contribution in [2.24, 2.45) is 5.73 Å². The molecule has 1 aromatic rings. The molecular weight excluding hydrogens is 328 g/mol. The number of amides is 1. The van der Waals surface area contributed by atoms with Crippen LogP contribution in [0.1, 0.15) is 23.2 Å². The van der Waals surface area contributed by atoms with Crippen molar-refractivity contribution in [1.29, 1.82) is 0 Å². The molecule has 0 spiro atoms. The normalized spacial score (nSPS) is 19.7. The first kappa shape index (κ1) is 17.8. The zero-order valence-electron chi connectivity index (χ0n) is 12.4. The minimum absolute atomic E-state index is 0.0528. The molecule has 1 aliphatic heterocycles. The van der Waals surface area contributed by atoms with Gasteiger partial charge in [0.15, 0.2) is 0 Å². The average molecular weight is 347 g/mol. The number of nitrogens with two attached hydrogens (primary N) is 1. The first-order chi connectivity index (χ1) is 10.8. The SMILES string of the molecule is N[C@H]1CCCN(S(=O)(=O)c2ccc(C(=O)NCC(F)F)cc2)C1. The lowest BCUT2D eigenvalue weighted by atomic mass is 10.1. The molecule has 1 aromatic carbocycles. The molecule has 9 heteroatoms. The first-order valence-corrected chi connectivity index (χ1v) is 8.67. The van der Waals surface area contributed by atoms with Crippen molar-refractivity contribution in [1.82, 2.24) is 9.62 Å². The third-order valence-corrected chi connectivity index (χ3v) is 5.47. The highest BCUT2D eigenvalue weighted by Crippen LogP contribution is 2.20. The molecule has 0 radical (unpaired) electrons. The quantitative estimate of drug-likeness (QED) is 0.824. The smallest absolute Gasteiger partial charge is 0.255 e. The van der Waals surface area contributed by atoms with Gasteiger partial charge in [0.1, 0.15) is 0 Å². The van der Waals surface area contributed by atoms with Gasteiger partial charge < -0.3 is 11.1 Å². The van der Waals surface area contributed by atoms with Crippen LogP contribution in [0.25, 0.3) is 0 Å². The maximum atomic E-state index is 12.5. The van der Waals surface area contributed by atoms with E-state index in [4.69, 9.17) is 5.73 Å². The monoisotopic (exact) mass is 347 g/mol. The van der Waals surface area contributed by atoms with E-state index in [1.165, 1.54) is 28.6 Å². The van der Waals surface area contributed by atoms with E-state index >= 15 is 0 Å². The molecule has 2 rings (SSSR count). The van der Waals surface area contributed by atoms with E-state index in [0.717, 1.165) is 6.42 Å². The Morgan fingerprint density at radius 3 is 2.57 bits per heavy atom. The van der Waals surface area contributed by atoms with E-state index in [1.807, 2.05) is 0 Å². The van der Waals surface area contributed by atoms with Gasteiger partial charge in [-0.3, -0.25) is 4.79 Å². The third kappa shape index (κ3) is 4.46. The van der Waals surface area contributed by atoms with Gasteiger partial charge in [-0.25, -0.2) is 17.2 Å². The Balaban J connectivity index is 2.10. The Hall–Kier alpha value is -1.58. The van der Waals surface area contributed by atoms with Crippen LogP contribution in [0.2, 0.25) is 0 Å². The molecule has 23 heavy (non-hydrogen) atoms. The van der Waals surface area contributed by atoms with Crippen LogP contribution < -0.4 is 11.1 Å². The Labute approximate surface area is 133 Å². The van der Waals surface area contributed by atoms with E-state index in [9.17, 15) is 22.0 Å². The fourth-order valence-corrected chi connectivity index (χ4v) is 3.93. The summed E-state index contributed by atoms with van der Waals surface area (Å²) in [6.07, 6.45) is -1.15. The van der Waals surface area contributed by atoms with E-state index in [-0.39, 0.29) is 23.0 Å². The lowest BCUT2D eigenvalue weighted by Crippen LogP contribution is -2.45. The molecule has 1 heterocycles. The summed E-state index contributed by atoms with van der Waals surface area (Å²) in [6.45, 7) is -0.0732. The van der Waals surface area contributed by atoms with Gasteiger partial charge in [0.05, 0.1) is 11.4 Å². The second-order valence-electron chi connectivity index (χ2n) is 5.39. The highest BCUT2D eigenvalue weighted by atomic mass is 32.2. The number of carbonyl (C=O) groups is 1. The highest BCUT2D eigenvalue weighted by molar-refractivity contribution is 7.89. The van der Waals surface area contributed by atoms with Gasteiger partial charge in [-0.2, -0.15) is 4.31 Å². The number of benzene rings is 1. The number of piperidine rings is 1. The van der Waals surface area contributed by atoms with Gasteiger partial charge in [0.2, 0.25) is 10.0 Å². The van der Waals surface area contributed by atoms with Crippen LogP contribution in [-0.2, 0) is 10.0 Å². The minimum Gasteiger partial charge on any atom is -0.346 e. The van der Waals surface area contributed by atoms with Crippen LogP contribution in [-0.4, -0.2) is 50.7 Å². The summed E-state index contributed by atoms with van der Waals surface area (Å²) in [5.41, 5.74) is 5.93. The van der Waals surface area contributed by atoms with Gasteiger partial charge in [0, 0.05) is 24.7 Å². The average Bonchev–Trinajstić information content (AvgIpc) is 2.52. The number of sulfonamides is 1. The van der Waals surface area contributed by atoms with Gasteiger partial charge in [-0.05, 0) is 37.1 Å². The Bertz CT molecular complexity index is 650. The molecule has 1 saturated heterocycles. The van der Waals surface area contributed by atoms with Crippen molar-refractivity contribution in [3.63, 3.8) is 0 Å². The lowest BCUT2D eigenvalue weighted by molar-refractivity contribution is 0.0891. The minimum atomic E-state index is -3.66. The van der Waals surface area contributed by atoms with Crippen molar-refractivity contribution in [2.45, 2.75) is 30.2 Å². The van der Waals surface area contributed by atoms with Crippen molar-refractivity contribution in [3.8, 4) is 0 Å². The van der Waals surface area contributed by atoms with Gasteiger partial charge in [-0.1, -0.05) is 0 Å². The summed E-state index contributed by atoms with van der Waals surface area (Å²) < 4.78 is 50.4. The maximum absolute atomic E-state index is 12.5. The fourth-order valence-electron chi connectivity index (χ4n) is 2.39. The molecule has 0 saturated carbocycles. The molecule has 1 amide bonds. The van der Waals surface area contributed by atoms with Crippen molar-refractivity contribution < 1.29 is 22.0 Å². The maximum Gasteiger partial charge on any atom is 0.255 e.